The minimum atomic E-state index is 0.203. The van der Waals surface area contributed by atoms with E-state index in [1.807, 2.05) is 0 Å². The first-order valence-corrected chi connectivity index (χ1v) is 7.78. The molecule has 18 heavy (non-hydrogen) atoms. The Kier molecular flexibility index (Phi) is 5.18. The fourth-order valence-corrected chi connectivity index (χ4v) is 3.69. The van der Waals surface area contributed by atoms with Crippen molar-refractivity contribution in [3.63, 3.8) is 0 Å². The number of hydrogen-bond donors (Lipinski definition) is 2. The molecule has 0 aliphatic carbocycles. The molecular weight excluding hydrogens is 244 g/mol. The maximum absolute atomic E-state index is 9.21. The van der Waals surface area contributed by atoms with Crippen molar-refractivity contribution in [2.75, 3.05) is 19.7 Å². The van der Waals surface area contributed by atoms with Crippen LogP contribution < -0.4 is 5.73 Å². The van der Waals surface area contributed by atoms with Crippen molar-refractivity contribution < 1.29 is 5.11 Å². The van der Waals surface area contributed by atoms with Crippen LogP contribution in [0, 0.1) is 5.92 Å². The van der Waals surface area contributed by atoms with Crippen LogP contribution in [0.4, 0.5) is 0 Å². The molecule has 1 aromatic rings. The van der Waals surface area contributed by atoms with Crippen molar-refractivity contribution in [1.29, 1.82) is 0 Å². The molecule has 1 fully saturated rings. The predicted octanol–water partition coefficient (Wildman–Crippen LogP) is 2.23. The van der Waals surface area contributed by atoms with Crippen LogP contribution in [0.1, 0.15) is 37.1 Å². The summed E-state index contributed by atoms with van der Waals surface area (Å²) in [6.45, 7) is 4.60. The number of likely N-dealkylation sites (tertiary alicyclic amines) is 1. The van der Waals surface area contributed by atoms with E-state index < -0.39 is 0 Å². The van der Waals surface area contributed by atoms with E-state index in [4.69, 9.17) is 5.73 Å². The maximum Gasteiger partial charge on any atom is 0.0593 e. The van der Waals surface area contributed by atoms with Gasteiger partial charge in [0.05, 0.1) is 6.04 Å². The third kappa shape index (κ3) is 3.12. The van der Waals surface area contributed by atoms with Crippen LogP contribution in [0.5, 0.6) is 0 Å². The lowest BCUT2D eigenvalue weighted by Crippen LogP contribution is -2.44. The van der Waals surface area contributed by atoms with E-state index in [-0.39, 0.29) is 6.04 Å². The Balaban J connectivity index is 2.06. The molecule has 3 nitrogen and oxygen atoms in total. The van der Waals surface area contributed by atoms with Gasteiger partial charge in [-0.3, -0.25) is 4.90 Å². The molecule has 2 heterocycles. The number of rotatable bonds is 5. The van der Waals surface area contributed by atoms with Crippen LogP contribution in [-0.2, 0) is 0 Å². The lowest BCUT2D eigenvalue weighted by atomic mass is 9.94. The number of hydrogen-bond acceptors (Lipinski definition) is 4. The topological polar surface area (TPSA) is 49.5 Å². The molecule has 1 aromatic heterocycles. The second kappa shape index (κ2) is 6.66. The molecule has 1 aliphatic rings. The fraction of sp³-hybridized carbons (Fsp3) is 0.714. The van der Waals surface area contributed by atoms with Gasteiger partial charge in [-0.25, -0.2) is 0 Å². The van der Waals surface area contributed by atoms with E-state index in [1.54, 1.807) is 11.3 Å². The molecule has 4 heteroatoms. The summed E-state index contributed by atoms with van der Waals surface area (Å²) in [7, 11) is 0. The van der Waals surface area contributed by atoms with Crippen molar-refractivity contribution in [2.45, 2.75) is 38.3 Å². The zero-order chi connectivity index (χ0) is 13.0. The minimum absolute atomic E-state index is 0.203. The number of aliphatic hydroxyl groups excluding tert-OH is 1. The van der Waals surface area contributed by atoms with E-state index in [1.165, 1.54) is 4.88 Å². The summed E-state index contributed by atoms with van der Waals surface area (Å²) in [4.78, 5) is 3.89. The van der Waals surface area contributed by atoms with Crippen LogP contribution in [-0.4, -0.2) is 35.7 Å². The molecule has 0 aromatic carbocycles. The standard InChI is InChI=1S/C14H24N2OS/c1-2-12(15)14(13-4-3-9-18-13)16-7-5-11(10-17)6-8-16/h3-4,9,11-12,14,17H,2,5-8,10,15H2,1H3. The van der Waals surface area contributed by atoms with Crippen LogP contribution in [0.2, 0.25) is 0 Å². The highest BCUT2D eigenvalue weighted by Gasteiger charge is 2.29. The van der Waals surface area contributed by atoms with Crippen molar-refractivity contribution in [3.05, 3.63) is 22.4 Å². The van der Waals surface area contributed by atoms with E-state index >= 15 is 0 Å². The van der Waals surface area contributed by atoms with Crippen molar-refractivity contribution >= 4 is 11.3 Å². The van der Waals surface area contributed by atoms with Crippen LogP contribution in [0.3, 0.4) is 0 Å². The van der Waals surface area contributed by atoms with Gasteiger partial charge in [0, 0.05) is 17.5 Å². The Hall–Kier alpha value is -0.420. The molecule has 102 valence electrons. The molecule has 1 saturated heterocycles. The molecular formula is C14H24N2OS. The van der Waals surface area contributed by atoms with Gasteiger partial charge < -0.3 is 10.8 Å². The number of aliphatic hydroxyl groups is 1. The fourth-order valence-electron chi connectivity index (χ4n) is 2.76. The highest BCUT2D eigenvalue weighted by molar-refractivity contribution is 7.10. The zero-order valence-corrected chi connectivity index (χ0v) is 11.9. The summed E-state index contributed by atoms with van der Waals surface area (Å²) in [6, 6.07) is 4.86. The SMILES string of the molecule is CCC(N)C(c1cccs1)N1CCC(CO)CC1. The van der Waals surface area contributed by atoms with Gasteiger partial charge in [0.15, 0.2) is 0 Å². The minimum Gasteiger partial charge on any atom is -0.396 e. The Morgan fingerprint density at radius 3 is 2.72 bits per heavy atom. The summed E-state index contributed by atoms with van der Waals surface area (Å²) in [6.07, 6.45) is 3.19. The first-order chi connectivity index (χ1) is 8.76. The zero-order valence-electron chi connectivity index (χ0n) is 11.1. The number of nitrogens with zero attached hydrogens (tertiary/aromatic N) is 1. The van der Waals surface area contributed by atoms with Crippen LogP contribution in [0.25, 0.3) is 0 Å². The predicted molar refractivity (Wildman–Crippen MR) is 76.7 cm³/mol. The number of nitrogens with two attached hydrogens (primary N) is 1. The smallest absolute Gasteiger partial charge is 0.0593 e. The molecule has 0 spiro atoms. The lowest BCUT2D eigenvalue weighted by molar-refractivity contribution is 0.0898. The molecule has 0 amide bonds. The number of piperidine rings is 1. The Labute approximate surface area is 114 Å². The molecule has 0 saturated carbocycles. The highest BCUT2D eigenvalue weighted by Crippen LogP contribution is 2.32. The van der Waals surface area contributed by atoms with Gasteiger partial charge >= 0.3 is 0 Å². The molecule has 2 atom stereocenters. The van der Waals surface area contributed by atoms with E-state index in [9.17, 15) is 5.11 Å². The maximum atomic E-state index is 9.21. The highest BCUT2D eigenvalue weighted by atomic mass is 32.1. The van der Waals surface area contributed by atoms with Crippen molar-refractivity contribution in [1.82, 2.24) is 4.90 Å². The van der Waals surface area contributed by atoms with Gasteiger partial charge in [0.25, 0.3) is 0 Å². The Bertz CT molecular complexity index is 334. The summed E-state index contributed by atoms with van der Waals surface area (Å²) in [5.74, 6) is 0.489. The van der Waals surface area contributed by atoms with Gasteiger partial charge in [0.2, 0.25) is 0 Å². The second-order valence-corrected chi connectivity index (χ2v) is 6.17. The lowest BCUT2D eigenvalue weighted by Gasteiger charge is -2.39. The van der Waals surface area contributed by atoms with Gasteiger partial charge in [0.1, 0.15) is 0 Å². The molecule has 2 rings (SSSR count). The summed E-state index contributed by atoms with van der Waals surface area (Å²) < 4.78 is 0. The third-order valence-electron chi connectivity index (χ3n) is 4.01. The van der Waals surface area contributed by atoms with Crippen molar-refractivity contribution in [3.8, 4) is 0 Å². The largest absolute Gasteiger partial charge is 0.396 e. The average molecular weight is 268 g/mol. The first-order valence-electron chi connectivity index (χ1n) is 6.90. The van der Waals surface area contributed by atoms with Gasteiger partial charge in [-0.05, 0) is 49.7 Å². The van der Waals surface area contributed by atoms with E-state index in [2.05, 4.69) is 29.3 Å². The quantitative estimate of drug-likeness (QED) is 0.861. The van der Waals surface area contributed by atoms with E-state index in [0.29, 0.717) is 18.6 Å². The van der Waals surface area contributed by atoms with Crippen LogP contribution >= 0.6 is 11.3 Å². The summed E-state index contributed by atoms with van der Waals surface area (Å²) in [5.41, 5.74) is 6.32. The van der Waals surface area contributed by atoms with Gasteiger partial charge in [-0.15, -0.1) is 11.3 Å². The molecule has 1 aliphatic heterocycles. The second-order valence-electron chi connectivity index (χ2n) is 5.19. The average Bonchev–Trinajstić information content (AvgIpc) is 2.93. The Morgan fingerprint density at radius 2 is 2.22 bits per heavy atom. The molecule has 3 N–H and O–H groups in total. The van der Waals surface area contributed by atoms with E-state index in [0.717, 1.165) is 32.4 Å². The number of thiophene rings is 1. The molecule has 0 bridgehead atoms. The Morgan fingerprint density at radius 1 is 1.50 bits per heavy atom. The third-order valence-corrected chi connectivity index (χ3v) is 4.96. The van der Waals surface area contributed by atoms with Gasteiger partial charge in [-0.1, -0.05) is 13.0 Å². The normalized spacial score (nSPS) is 21.9. The molecule has 0 radical (unpaired) electrons. The summed E-state index contributed by atoms with van der Waals surface area (Å²) in [5, 5.41) is 11.3. The monoisotopic (exact) mass is 268 g/mol. The first kappa shape index (κ1) is 14.0. The van der Waals surface area contributed by atoms with Crippen molar-refractivity contribution in [2.24, 2.45) is 11.7 Å². The van der Waals surface area contributed by atoms with Gasteiger partial charge in [-0.2, -0.15) is 0 Å². The molecule has 2 unspecified atom stereocenters. The van der Waals surface area contributed by atoms with Crippen LogP contribution in [0.15, 0.2) is 17.5 Å². The summed E-state index contributed by atoms with van der Waals surface area (Å²) >= 11 is 1.80.